The van der Waals surface area contributed by atoms with Gasteiger partial charge in [-0.15, -0.1) is 5.73 Å². The molecule has 0 fully saturated rings. The zero-order valence-corrected chi connectivity index (χ0v) is 13.2. The Kier molecular flexibility index (Phi) is 7.58. The van der Waals surface area contributed by atoms with Crippen molar-refractivity contribution in [1.82, 2.24) is 4.98 Å². The standard InChI is InChI=1S/C11H11NO.C2H6.Y/c1-8(2)9-4-3-5-11-10(6-9)12-7-13-11;1-2;/h4-8H,1-2H3;1-2H3;. The third kappa shape index (κ3) is 3.86. The van der Waals surface area contributed by atoms with Gasteiger partial charge in [0.15, 0.2) is 12.2 Å². The Morgan fingerprint density at radius 3 is 2.56 bits per heavy atom. The van der Waals surface area contributed by atoms with Crippen molar-refractivity contribution in [3.05, 3.63) is 35.2 Å². The largest absolute Gasteiger partial charge is 0.443 e. The van der Waals surface area contributed by atoms with Crippen LogP contribution in [-0.4, -0.2) is 4.98 Å². The number of allylic oxidation sites excluding steroid dienone is 2. The molecular formula is C13H17NOY. The molecule has 1 aliphatic rings. The predicted molar refractivity (Wildman–Crippen MR) is 63.2 cm³/mol. The molecule has 1 aromatic rings. The molecule has 3 heteroatoms. The van der Waals surface area contributed by atoms with Crippen LogP contribution in [0.1, 0.15) is 39.1 Å². The van der Waals surface area contributed by atoms with E-state index in [-0.39, 0.29) is 32.7 Å². The molecule has 0 bridgehead atoms. The average molecular weight is 292 g/mol. The van der Waals surface area contributed by atoms with E-state index in [2.05, 4.69) is 24.6 Å². The molecule has 0 N–H and O–H groups in total. The molecule has 0 saturated carbocycles. The van der Waals surface area contributed by atoms with Gasteiger partial charge in [0.2, 0.25) is 0 Å². The molecule has 1 radical (unpaired) electrons. The Labute approximate surface area is 122 Å². The van der Waals surface area contributed by atoms with Crippen LogP contribution in [0.15, 0.2) is 28.2 Å². The first-order chi connectivity index (χ1) is 7.27. The average Bonchev–Trinajstić information content (AvgIpc) is 2.58. The quantitative estimate of drug-likeness (QED) is 0.733. The van der Waals surface area contributed by atoms with E-state index >= 15 is 0 Å². The maximum absolute atomic E-state index is 5.17. The number of aromatic nitrogens is 1. The van der Waals surface area contributed by atoms with Crippen molar-refractivity contribution in [2.75, 3.05) is 0 Å². The third-order valence-corrected chi connectivity index (χ3v) is 2.06. The van der Waals surface area contributed by atoms with Crippen molar-refractivity contribution in [1.29, 1.82) is 0 Å². The summed E-state index contributed by atoms with van der Waals surface area (Å²) in [4.78, 5) is 4.12. The van der Waals surface area contributed by atoms with Gasteiger partial charge in [0.05, 0.1) is 0 Å². The van der Waals surface area contributed by atoms with Gasteiger partial charge in [-0.25, -0.2) is 4.98 Å². The summed E-state index contributed by atoms with van der Waals surface area (Å²) in [7, 11) is 0. The van der Waals surface area contributed by atoms with Crippen LogP contribution in [0.5, 0.6) is 0 Å². The number of oxazole rings is 1. The molecule has 83 valence electrons. The minimum Gasteiger partial charge on any atom is -0.443 e. The zero-order chi connectivity index (χ0) is 11.3. The van der Waals surface area contributed by atoms with Gasteiger partial charge in [-0.1, -0.05) is 27.7 Å². The first-order valence-corrected chi connectivity index (χ1v) is 5.35. The van der Waals surface area contributed by atoms with Crippen molar-refractivity contribution in [3.63, 3.8) is 0 Å². The third-order valence-electron chi connectivity index (χ3n) is 2.06. The minimum absolute atomic E-state index is 0. The molecule has 0 amide bonds. The van der Waals surface area contributed by atoms with Crippen LogP contribution in [0, 0.1) is 5.92 Å². The molecule has 0 unspecified atom stereocenters. The molecule has 0 atom stereocenters. The maximum atomic E-state index is 5.17. The Balaban J connectivity index is 0.000000711. The van der Waals surface area contributed by atoms with Crippen LogP contribution in [-0.2, 0) is 32.7 Å². The Morgan fingerprint density at radius 1 is 1.25 bits per heavy atom. The summed E-state index contributed by atoms with van der Waals surface area (Å²) in [5.74, 6) is 1.27. The Bertz CT molecular complexity index is 409. The zero-order valence-electron chi connectivity index (χ0n) is 10.3. The van der Waals surface area contributed by atoms with E-state index in [1.807, 2.05) is 32.1 Å². The van der Waals surface area contributed by atoms with Crippen LogP contribution >= 0.6 is 0 Å². The molecule has 0 aromatic carbocycles. The summed E-state index contributed by atoms with van der Waals surface area (Å²) in [6.45, 7) is 8.30. The van der Waals surface area contributed by atoms with E-state index in [1.54, 1.807) is 0 Å². The molecular weight excluding hydrogens is 275 g/mol. The number of nitrogens with zero attached hydrogens (tertiary/aromatic N) is 1. The monoisotopic (exact) mass is 292 g/mol. The van der Waals surface area contributed by atoms with Crippen molar-refractivity contribution >= 4 is 12.2 Å². The van der Waals surface area contributed by atoms with Gasteiger partial charge < -0.3 is 4.42 Å². The summed E-state index contributed by atoms with van der Waals surface area (Å²) in [6, 6.07) is 0. The normalized spacial score (nSPS) is 11.9. The van der Waals surface area contributed by atoms with E-state index < -0.39 is 0 Å². The van der Waals surface area contributed by atoms with Crippen molar-refractivity contribution in [2.45, 2.75) is 27.7 Å². The van der Waals surface area contributed by atoms with Gasteiger partial charge in [-0.2, -0.15) is 0 Å². The summed E-state index contributed by atoms with van der Waals surface area (Å²) in [6.07, 6.45) is 7.29. The van der Waals surface area contributed by atoms with Gasteiger partial charge in [0.1, 0.15) is 5.69 Å². The first kappa shape index (κ1) is 15.6. The van der Waals surface area contributed by atoms with Gasteiger partial charge in [0, 0.05) is 38.8 Å². The fraction of sp³-hybridized carbons (Fsp3) is 0.385. The topological polar surface area (TPSA) is 26.0 Å². The van der Waals surface area contributed by atoms with Crippen molar-refractivity contribution < 1.29 is 37.1 Å². The number of fused-ring (bicyclic) bond motifs is 1. The van der Waals surface area contributed by atoms with E-state index in [0.717, 1.165) is 11.5 Å². The molecule has 1 aromatic heterocycles. The molecule has 0 spiro atoms. The fourth-order valence-electron chi connectivity index (χ4n) is 1.23. The molecule has 0 aliphatic heterocycles. The SMILES string of the molecule is CC.CC(C)C1=Cc2ncoc2C=C=C1.[Y]. The van der Waals surface area contributed by atoms with Gasteiger partial charge in [0.25, 0.3) is 0 Å². The van der Waals surface area contributed by atoms with E-state index in [9.17, 15) is 0 Å². The van der Waals surface area contributed by atoms with Crippen LogP contribution in [0.25, 0.3) is 12.2 Å². The Hall–Kier alpha value is -0.426. The van der Waals surface area contributed by atoms with E-state index in [0.29, 0.717) is 5.92 Å². The molecule has 2 rings (SSSR count). The number of hydrogen-bond acceptors (Lipinski definition) is 2. The molecule has 2 nitrogen and oxygen atoms in total. The van der Waals surface area contributed by atoms with Gasteiger partial charge >= 0.3 is 0 Å². The van der Waals surface area contributed by atoms with Gasteiger partial charge in [-0.05, 0) is 23.6 Å². The first-order valence-electron chi connectivity index (χ1n) is 5.35. The van der Waals surface area contributed by atoms with Crippen molar-refractivity contribution in [3.8, 4) is 0 Å². The fourth-order valence-corrected chi connectivity index (χ4v) is 1.23. The Morgan fingerprint density at radius 2 is 1.94 bits per heavy atom. The van der Waals surface area contributed by atoms with Crippen LogP contribution in [0.2, 0.25) is 0 Å². The molecule has 1 heterocycles. The predicted octanol–water partition coefficient (Wildman–Crippen LogP) is 3.92. The summed E-state index contributed by atoms with van der Waals surface area (Å²) in [5.41, 5.74) is 5.19. The smallest absolute Gasteiger partial charge is 0.182 e. The van der Waals surface area contributed by atoms with Crippen LogP contribution in [0.3, 0.4) is 0 Å². The molecule has 16 heavy (non-hydrogen) atoms. The number of rotatable bonds is 1. The van der Waals surface area contributed by atoms with Crippen LogP contribution < -0.4 is 0 Å². The molecule has 1 aliphatic carbocycles. The van der Waals surface area contributed by atoms with Crippen molar-refractivity contribution in [2.24, 2.45) is 5.92 Å². The number of hydrogen-bond donors (Lipinski definition) is 0. The van der Waals surface area contributed by atoms with E-state index in [4.69, 9.17) is 4.42 Å². The van der Waals surface area contributed by atoms with Crippen LogP contribution in [0.4, 0.5) is 0 Å². The van der Waals surface area contributed by atoms with Gasteiger partial charge in [-0.3, -0.25) is 0 Å². The summed E-state index contributed by atoms with van der Waals surface area (Å²) >= 11 is 0. The minimum atomic E-state index is 0. The maximum Gasteiger partial charge on any atom is 0.182 e. The summed E-state index contributed by atoms with van der Waals surface area (Å²) in [5, 5.41) is 0. The second kappa shape index (κ2) is 7.78. The summed E-state index contributed by atoms with van der Waals surface area (Å²) < 4.78 is 5.17. The second-order valence-corrected chi connectivity index (χ2v) is 3.36. The molecule has 0 saturated heterocycles. The second-order valence-electron chi connectivity index (χ2n) is 3.36. The van der Waals surface area contributed by atoms with E-state index in [1.165, 1.54) is 12.0 Å².